The van der Waals surface area contributed by atoms with E-state index in [1.54, 1.807) is 12.3 Å². The van der Waals surface area contributed by atoms with E-state index in [9.17, 15) is 4.79 Å². The molecule has 2 aromatic rings. The number of anilines is 2. The number of carbonyl (C=O) groups is 1. The van der Waals surface area contributed by atoms with Crippen molar-refractivity contribution >= 4 is 17.3 Å². The first-order chi connectivity index (χ1) is 10.5. The second-order valence-corrected chi connectivity index (χ2v) is 5.59. The Kier molecular flexibility index (Phi) is 5.15. The molecule has 0 aliphatic rings. The first-order valence-electron chi connectivity index (χ1n) is 7.61. The van der Waals surface area contributed by atoms with E-state index in [1.807, 2.05) is 38.1 Å². The molecule has 1 unspecified atom stereocenters. The summed E-state index contributed by atoms with van der Waals surface area (Å²) in [7, 11) is 0. The molecular formula is C18H23N3O. The molecule has 0 aliphatic carbocycles. The summed E-state index contributed by atoms with van der Waals surface area (Å²) < 4.78 is 0. The van der Waals surface area contributed by atoms with Crippen LogP contribution < -0.4 is 10.6 Å². The van der Waals surface area contributed by atoms with Crippen molar-refractivity contribution in [2.24, 2.45) is 0 Å². The number of hydrogen-bond acceptors (Lipinski definition) is 3. The third-order valence-corrected chi connectivity index (χ3v) is 3.87. The summed E-state index contributed by atoms with van der Waals surface area (Å²) in [5, 5.41) is 6.25. The lowest BCUT2D eigenvalue weighted by Gasteiger charge is -2.13. The molecule has 116 valence electrons. The normalized spacial score (nSPS) is 11.8. The molecule has 0 aliphatic heterocycles. The number of nitrogens with one attached hydrogen (secondary N) is 2. The predicted molar refractivity (Wildman–Crippen MR) is 91.5 cm³/mol. The van der Waals surface area contributed by atoms with Gasteiger partial charge in [-0.1, -0.05) is 19.1 Å². The molecule has 1 heterocycles. The Hall–Kier alpha value is -2.36. The Balaban J connectivity index is 2.08. The minimum Gasteiger partial charge on any atom is -0.381 e. The Morgan fingerprint density at radius 3 is 2.64 bits per heavy atom. The van der Waals surface area contributed by atoms with Gasteiger partial charge in [0.1, 0.15) is 5.69 Å². The lowest BCUT2D eigenvalue weighted by molar-refractivity contribution is 0.102. The molecule has 4 nitrogen and oxygen atoms in total. The van der Waals surface area contributed by atoms with Crippen LogP contribution in [0.5, 0.6) is 0 Å². The fourth-order valence-electron chi connectivity index (χ4n) is 2.07. The van der Waals surface area contributed by atoms with Crippen LogP contribution >= 0.6 is 0 Å². The fourth-order valence-corrected chi connectivity index (χ4v) is 2.07. The first-order valence-corrected chi connectivity index (χ1v) is 7.61. The second kappa shape index (κ2) is 7.07. The van der Waals surface area contributed by atoms with E-state index in [4.69, 9.17) is 0 Å². The molecule has 0 saturated heterocycles. The van der Waals surface area contributed by atoms with Gasteiger partial charge in [0.25, 0.3) is 5.91 Å². The molecule has 22 heavy (non-hydrogen) atoms. The highest BCUT2D eigenvalue weighted by molar-refractivity contribution is 6.03. The van der Waals surface area contributed by atoms with Gasteiger partial charge in [-0.15, -0.1) is 0 Å². The minimum absolute atomic E-state index is 0.191. The van der Waals surface area contributed by atoms with Gasteiger partial charge in [0, 0.05) is 11.7 Å². The number of hydrogen-bond donors (Lipinski definition) is 2. The van der Waals surface area contributed by atoms with Crippen molar-refractivity contribution in [1.29, 1.82) is 0 Å². The van der Waals surface area contributed by atoms with Crippen LogP contribution in [0.15, 0.2) is 36.5 Å². The third-order valence-electron chi connectivity index (χ3n) is 3.87. The lowest BCUT2D eigenvalue weighted by atomic mass is 10.1. The van der Waals surface area contributed by atoms with Gasteiger partial charge >= 0.3 is 0 Å². The van der Waals surface area contributed by atoms with Gasteiger partial charge < -0.3 is 10.6 Å². The van der Waals surface area contributed by atoms with E-state index in [2.05, 4.69) is 29.5 Å². The highest BCUT2D eigenvalue weighted by Gasteiger charge is 2.10. The highest BCUT2D eigenvalue weighted by atomic mass is 16.1. The Morgan fingerprint density at radius 2 is 2.00 bits per heavy atom. The predicted octanol–water partition coefficient (Wildman–Crippen LogP) is 4.16. The average molecular weight is 297 g/mol. The van der Waals surface area contributed by atoms with E-state index >= 15 is 0 Å². The smallest absolute Gasteiger partial charge is 0.274 e. The van der Waals surface area contributed by atoms with Gasteiger partial charge in [-0.3, -0.25) is 4.79 Å². The summed E-state index contributed by atoms with van der Waals surface area (Å²) in [4.78, 5) is 16.5. The van der Waals surface area contributed by atoms with Crippen LogP contribution in [0.25, 0.3) is 0 Å². The molecular weight excluding hydrogens is 274 g/mol. The molecule has 0 spiro atoms. The molecule has 1 aromatic heterocycles. The molecule has 0 saturated carbocycles. The standard InChI is InChI=1S/C18H23N3O/c1-5-13(3)20-15-9-10-17(19-11-15)18(22)21-16-8-6-7-12(2)14(16)4/h6-11,13,20H,5H2,1-4H3,(H,21,22). The quantitative estimate of drug-likeness (QED) is 0.871. The Morgan fingerprint density at radius 1 is 1.23 bits per heavy atom. The van der Waals surface area contributed by atoms with Crippen LogP contribution in [0.3, 0.4) is 0 Å². The van der Waals surface area contributed by atoms with Crippen LogP contribution in [0, 0.1) is 13.8 Å². The molecule has 0 fully saturated rings. The van der Waals surface area contributed by atoms with Gasteiger partial charge in [-0.05, 0) is 56.5 Å². The van der Waals surface area contributed by atoms with Crippen molar-refractivity contribution in [3.05, 3.63) is 53.3 Å². The number of carbonyl (C=O) groups excluding carboxylic acids is 1. The van der Waals surface area contributed by atoms with Crippen molar-refractivity contribution in [1.82, 2.24) is 4.98 Å². The molecule has 1 aromatic carbocycles. The van der Waals surface area contributed by atoms with E-state index in [0.29, 0.717) is 11.7 Å². The summed E-state index contributed by atoms with van der Waals surface area (Å²) in [5.74, 6) is -0.191. The van der Waals surface area contributed by atoms with Crippen molar-refractivity contribution < 1.29 is 4.79 Å². The molecule has 0 radical (unpaired) electrons. The van der Waals surface area contributed by atoms with Crippen LogP contribution in [0.4, 0.5) is 11.4 Å². The van der Waals surface area contributed by atoms with E-state index in [1.165, 1.54) is 0 Å². The first kappa shape index (κ1) is 16.0. The van der Waals surface area contributed by atoms with Crippen LogP contribution in [-0.2, 0) is 0 Å². The topological polar surface area (TPSA) is 54.0 Å². The largest absolute Gasteiger partial charge is 0.381 e. The number of pyridine rings is 1. The van der Waals surface area contributed by atoms with Gasteiger partial charge in [0.15, 0.2) is 0 Å². The molecule has 0 bridgehead atoms. The van der Waals surface area contributed by atoms with Gasteiger partial charge in [0.2, 0.25) is 0 Å². The maximum atomic E-state index is 12.3. The number of rotatable bonds is 5. The van der Waals surface area contributed by atoms with Gasteiger partial charge in [-0.2, -0.15) is 0 Å². The summed E-state index contributed by atoms with van der Waals surface area (Å²) >= 11 is 0. The number of aromatic nitrogens is 1. The van der Waals surface area contributed by atoms with E-state index in [-0.39, 0.29) is 5.91 Å². The number of benzene rings is 1. The number of amides is 1. The third kappa shape index (κ3) is 3.85. The number of nitrogens with zero attached hydrogens (tertiary/aromatic N) is 1. The van der Waals surface area contributed by atoms with E-state index in [0.717, 1.165) is 28.9 Å². The SMILES string of the molecule is CCC(C)Nc1ccc(C(=O)Nc2cccc(C)c2C)nc1. The summed E-state index contributed by atoms with van der Waals surface area (Å²) in [6, 6.07) is 9.88. The van der Waals surface area contributed by atoms with Crippen LogP contribution in [0.1, 0.15) is 41.9 Å². The summed E-state index contributed by atoms with van der Waals surface area (Å²) in [6.07, 6.45) is 2.74. The van der Waals surface area contributed by atoms with Gasteiger partial charge in [0.05, 0.1) is 11.9 Å². The lowest BCUT2D eigenvalue weighted by Crippen LogP contribution is -2.16. The minimum atomic E-state index is -0.191. The summed E-state index contributed by atoms with van der Waals surface area (Å²) in [6.45, 7) is 8.26. The molecule has 4 heteroatoms. The Bertz CT molecular complexity index is 650. The van der Waals surface area contributed by atoms with Crippen LogP contribution in [0.2, 0.25) is 0 Å². The molecule has 1 amide bonds. The summed E-state index contributed by atoms with van der Waals surface area (Å²) in [5.41, 5.74) is 4.40. The van der Waals surface area contributed by atoms with Crippen molar-refractivity contribution in [3.8, 4) is 0 Å². The second-order valence-electron chi connectivity index (χ2n) is 5.59. The Labute approximate surface area is 132 Å². The van der Waals surface area contributed by atoms with Crippen LogP contribution in [-0.4, -0.2) is 16.9 Å². The van der Waals surface area contributed by atoms with Crippen molar-refractivity contribution in [2.75, 3.05) is 10.6 Å². The van der Waals surface area contributed by atoms with E-state index < -0.39 is 0 Å². The molecule has 1 atom stereocenters. The average Bonchev–Trinajstić information content (AvgIpc) is 2.52. The fraction of sp³-hybridized carbons (Fsp3) is 0.333. The number of aryl methyl sites for hydroxylation is 1. The van der Waals surface area contributed by atoms with Crippen molar-refractivity contribution in [3.63, 3.8) is 0 Å². The monoisotopic (exact) mass is 297 g/mol. The zero-order valence-corrected chi connectivity index (χ0v) is 13.6. The van der Waals surface area contributed by atoms with Gasteiger partial charge in [-0.25, -0.2) is 4.98 Å². The van der Waals surface area contributed by atoms with Crippen molar-refractivity contribution in [2.45, 2.75) is 40.2 Å². The zero-order chi connectivity index (χ0) is 16.1. The maximum Gasteiger partial charge on any atom is 0.274 e. The molecule has 2 N–H and O–H groups in total. The highest BCUT2D eigenvalue weighted by Crippen LogP contribution is 2.19. The zero-order valence-electron chi connectivity index (χ0n) is 13.6. The molecule has 2 rings (SSSR count). The maximum absolute atomic E-state index is 12.3.